The zero-order valence-corrected chi connectivity index (χ0v) is 13.7. The van der Waals surface area contributed by atoms with E-state index in [4.69, 9.17) is 11.6 Å². The van der Waals surface area contributed by atoms with Gasteiger partial charge in [-0.2, -0.15) is 0 Å². The van der Waals surface area contributed by atoms with Crippen LogP contribution in [0.3, 0.4) is 0 Å². The van der Waals surface area contributed by atoms with Crippen molar-refractivity contribution in [1.82, 2.24) is 9.88 Å². The zero-order chi connectivity index (χ0) is 15.2. The van der Waals surface area contributed by atoms with E-state index in [2.05, 4.69) is 10.3 Å². The Balaban J connectivity index is 2.05. The molecular formula is C15H18ClN3OS. The number of benzene rings is 1. The molecule has 1 aromatic heterocycles. The Kier molecular flexibility index (Phi) is 5.59. The van der Waals surface area contributed by atoms with Gasteiger partial charge in [0.15, 0.2) is 4.47 Å². The third kappa shape index (κ3) is 4.19. The molecule has 112 valence electrons. The third-order valence-electron chi connectivity index (χ3n) is 3.15. The van der Waals surface area contributed by atoms with E-state index in [1.165, 1.54) is 11.3 Å². The van der Waals surface area contributed by atoms with Gasteiger partial charge in [-0.25, -0.2) is 4.98 Å². The fraction of sp³-hybridized carbons (Fsp3) is 0.333. The average molecular weight is 324 g/mol. The Morgan fingerprint density at radius 1 is 1.38 bits per heavy atom. The molecule has 2 aromatic rings. The average Bonchev–Trinajstić information content (AvgIpc) is 2.92. The van der Waals surface area contributed by atoms with Gasteiger partial charge in [0, 0.05) is 35.4 Å². The molecule has 21 heavy (non-hydrogen) atoms. The summed E-state index contributed by atoms with van der Waals surface area (Å²) in [5, 5.41) is 3.29. The molecule has 0 radical (unpaired) electrons. The standard InChI is InChI=1S/C15H18ClN3OS/c1-3-19(4-2)14(20)11-6-5-7-12(8-11)17-9-13-10-18-15(16)21-13/h5-8,10,17H,3-4,9H2,1-2H3. The third-order valence-corrected chi connectivity index (χ3v) is 4.27. The molecule has 0 bridgehead atoms. The van der Waals surface area contributed by atoms with E-state index in [-0.39, 0.29) is 5.91 Å². The molecule has 0 spiro atoms. The molecule has 0 fully saturated rings. The Morgan fingerprint density at radius 3 is 2.76 bits per heavy atom. The van der Waals surface area contributed by atoms with Gasteiger partial charge in [-0.3, -0.25) is 4.79 Å². The topological polar surface area (TPSA) is 45.2 Å². The molecular weight excluding hydrogens is 306 g/mol. The van der Waals surface area contributed by atoms with Gasteiger partial charge in [-0.1, -0.05) is 17.7 Å². The first-order valence-corrected chi connectivity index (χ1v) is 8.07. The second-order valence-electron chi connectivity index (χ2n) is 4.49. The van der Waals surface area contributed by atoms with Crippen LogP contribution in [0.25, 0.3) is 0 Å². The molecule has 0 aliphatic rings. The Morgan fingerprint density at radius 2 is 2.14 bits per heavy atom. The summed E-state index contributed by atoms with van der Waals surface area (Å²) in [6.45, 7) is 6.04. The molecule has 0 aliphatic carbocycles. The van der Waals surface area contributed by atoms with Gasteiger partial charge in [0.25, 0.3) is 5.91 Å². The summed E-state index contributed by atoms with van der Waals surface area (Å²) in [5.41, 5.74) is 1.61. The first-order chi connectivity index (χ1) is 10.1. The summed E-state index contributed by atoms with van der Waals surface area (Å²) < 4.78 is 0.539. The number of nitrogens with zero attached hydrogens (tertiary/aromatic N) is 2. The number of carbonyl (C=O) groups excluding carboxylic acids is 1. The quantitative estimate of drug-likeness (QED) is 0.877. The molecule has 2 rings (SSSR count). The molecule has 1 amide bonds. The van der Waals surface area contributed by atoms with E-state index in [0.717, 1.165) is 10.6 Å². The number of anilines is 1. The normalized spacial score (nSPS) is 10.4. The Hall–Kier alpha value is -1.59. The van der Waals surface area contributed by atoms with E-state index in [9.17, 15) is 4.79 Å². The summed E-state index contributed by atoms with van der Waals surface area (Å²) in [6.07, 6.45) is 1.75. The maximum atomic E-state index is 12.3. The molecule has 1 aromatic carbocycles. The van der Waals surface area contributed by atoms with Crippen molar-refractivity contribution in [2.45, 2.75) is 20.4 Å². The lowest BCUT2D eigenvalue weighted by atomic mass is 10.1. The van der Waals surface area contributed by atoms with Crippen molar-refractivity contribution in [1.29, 1.82) is 0 Å². The molecule has 0 saturated carbocycles. The second-order valence-corrected chi connectivity index (χ2v) is 6.19. The fourth-order valence-electron chi connectivity index (χ4n) is 2.01. The van der Waals surface area contributed by atoms with E-state index >= 15 is 0 Å². The lowest BCUT2D eigenvalue weighted by molar-refractivity contribution is 0.0773. The minimum absolute atomic E-state index is 0.0597. The molecule has 1 heterocycles. The summed E-state index contributed by atoms with van der Waals surface area (Å²) in [7, 11) is 0. The van der Waals surface area contributed by atoms with Crippen LogP contribution in [0.4, 0.5) is 5.69 Å². The molecule has 0 atom stereocenters. The highest BCUT2D eigenvalue weighted by Gasteiger charge is 2.12. The van der Waals surface area contributed by atoms with Gasteiger partial charge < -0.3 is 10.2 Å². The fourth-order valence-corrected chi connectivity index (χ4v) is 2.93. The maximum absolute atomic E-state index is 12.3. The predicted octanol–water partition coefficient (Wildman–Crippen LogP) is 3.89. The molecule has 0 unspecified atom stereocenters. The molecule has 4 nitrogen and oxygen atoms in total. The smallest absolute Gasteiger partial charge is 0.253 e. The van der Waals surface area contributed by atoms with Crippen LogP contribution < -0.4 is 5.32 Å². The molecule has 0 saturated heterocycles. The number of rotatable bonds is 6. The Bertz CT molecular complexity index is 610. The van der Waals surface area contributed by atoms with Crippen molar-refractivity contribution in [2.75, 3.05) is 18.4 Å². The van der Waals surface area contributed by atoms with E-state index in [0.29, 0.717) is 29.7 Å². The highest BCUT2D eigenvalue weighted by molar-refractivity contribution is 7.15. The number of carbonyl (C=O) groups is 1. The summed E-state index contributed by atoms with van der Waals surface area (Å²) in [6, 6.07) is 7.55. The van der Waals surface area contributed by atoms with Crippen LogP contribution in [0.5, 0.6) is 0 Å². The van der Waals surface area contributed by atoms with Gasteiger partial charge in [0.1, 0.15) is 0 Å². The lowest BCUT2D eigenvalue weighted by Gasteiger charge is -2.19. The second kappa shape index (κ2) is 7.43. The minimum Gasteiger partial charge on any atom is -0.380 e. The highest BCUT2D eigenvalue weighted by Crippen LogP contribution is 2.19. The van der Waals surface area contributed by atoms with Crippen LogP contribution in [-0.2, 0) is 6.54 Å². The number of nitrogens with one attached hydrogen (secondary N) is 1. The largest absolute Gasteiger partial charge is 0.380 e. The minimum atomic E-state index is 0.0597. The summed E-state index contributed by atoms with van der Waals surface area (Å²) in [5.74, 6) is 0.0597. The molecule has 0 aliphatic heterocycles. The SMILES string of the molecule is CCN(CC)C(=O)c1cccc(NCc2cnc(Cl)s2)c1. The van der Waals surface area contributed by atoms with Crippen LogP contribution in [0, 0.1) is 0 Å². The molecule has 1 N–H and O–H groups in total. The van der Waals surface area contributed by atoms with Gasteiger partial charge in [0.05, 0.1) is 6.54 Å². The first-order valence-electron chi connectivity index (χ1n) is 6.87. The summed E-state index contributed by atoms with van der Waals surface area (Å²) in [4.78, 5) is 19.2. The number of hydrogen-bond acceptors (Lipinski definition) is 4. The number of aromatic nitrogens is 1. The van der Waals surface area contributed by atoms with Crippen LogP contribution in [0.1, 0.15) is 29.1 Å². The van der Waals surface area contributed by atoms with Gasteiger partial charge >= 0.3 is 0 Å². The van der Waals surface area contributed by atoms with Crippen molar-refractivity contribution < 1.29 is 4.79 Å². The molecule has 6 heteroatoms. The van der Waals surface area contributed by atoms with Crippen LogP contribution in [0.2, 0.25) is 4.47 Å². The summed E-state index contributed by atoms with van der Waals surface area (Å²) >= 11 is 7.25. The predicted molar refractivity (Wildman–Crippen MR) is 88.1 cm³/mol. The van der Waals surface area contributed by atoms with E-state index in [1.54, 1.807) is 6.20 Å². The Labute approximate surface area is 133 Å². The highest BCUT2D eigenvalue weighted by atomic mass is 35.5. The van der Waals surface area contributed by atoms with Crippen molar-refractivity contribution in [3.63, 3.8) is 0 Å². The van der Waals surface area contributed by atoms with Crippen LogP contribution >= 0.6 is 22.9 Å². The van der Waals surface area contributed by atoms with Crippen molar-refractivity contribution >= 4 is 34.5 Å². The van der Waals surface area contributed by atoms with Gasteiger partial charge in [-0.15, -0.1) is 11.3 Å². The monoisotopic (exact) mass is 323 g/mol. The van der Waals surface area contributed by atoms with Crippen LogP contribution in [-0.4, -0.2) is 28.9 Å². The first kappa shape index (κ1) is 15.8. The van der Waals surface area contributed by atoms with Crippen molar-refractivity contribution in [2.24, 2.45) is 0 Å². The lowest BCUT2D eigenvalue weighted by Crippen LogP contribution is -2.30. The van der Waals surface area contributed by atoms with E-state index < -0.39 is 0 Å². The number of thiazole rings is 1. The van der Waals surface area contributed by atoms with Crippen LogP contribution in [0.15, 0.2) is 30.5 Å². The zero-order valence-electron chi connectivity index (χ0n) is 12.1. The number of hydrogen-bond donors (Lipinski definition) is 1. The number of halogens is 1. The van der Waals surface area contributed by atoms with Crippen molar-refractivity contribution in [3.8, 4) is 0 Å². The van der Waals surface area contributed by atoms with Gasteiger partial charge in [-0.05, 0) is 32.0 Å². The van der Waals surface area contributed by atoms with Crippen molar-refractivity contribution in [3.05, 3.63) is 45.4 Å². The van der Waals surface area contributed by atoms with Gasteiger partial charge in [0.2, 0.25) is 0 Å². The maximum Gasteiger partial charge on any atom is 0.253 e. The number of amides is 1. The van der Waals surface area contributed by atoms with E-state index in [1.807, 2.05) is 43.0 Å².